The van der Waals surface area contributed by atoms with Gasteiger partial charge in [0.2, 0.25) is 5.91 Å². The molecule has 0 bridgehead atoms. The fraction of sp³-hybridized carbons (Fsp3) is 0.471. The molecule has 0 fully saturated rings. The van der Waals surface area contributed by atoms with Crippen LogP contribution in [0.15, 0.2) is 30.3 Å². The first-order valence-corrected chi connectivity index (χ1v) is 7.65. The van der Waals surface area contributed by atoms with E-state index in [9.17, 15) is 14.4 Å². The predicted octanol–water partition coefficient (Wildman–Crippen LogP) is 2.23. The van der Waals surface area contributed by atoms with Crippen molar-refractivity contribution in [2.24, 2.45) is 0 Å². The van der Waals surface area contributed by atoms with Gasteiger partial charge in [0.25, 0.3) is 0 Å². The molecule has 7 heteroatoms. The van der Waals surface area contributed by atoms with Crippen LogP contribution in [0.4, 0.5) is 4.79 Å². The summed E-state index contributed by atoms with van der Waals surface area (Å²) in [5.41, 5.74) is 0.00797. The normalized spacial score (nSPS) is 13.5. The monoisotopic (exact) mass is 336 g/mol. The summed E-state index contributed by atoms with van der Waals surface area (Å²) in [7, 11) is 0. The second-order valence-electron chi connectivity index (χ2n) is 6.44. The smallest absolute Gasteiger partial charge is 0.408 e. The van der Waals surface area contributed by atoms with Crippen LogP contribution in [0, 0.1) is 0 Å². The van der Waals surface area contributed by atoms with E-state index < -0.39 is 35.7 Å². The Morgan fingerprint density at radius 3 is 2.21 bits per heavy atom. The summed E-state index contributed by atoms with van der Waals surface area (Å²) in [5.74, 6) is -1.52. The average Bonchev–Trinajstić information content (AvgIpc) is 2.44. The minimum atomic E-state index is -1.03. The molecule has 1 rings (SSSR count). The van der Waals surface area contributed by atoms with Gasteiger partial charge in [-0.25, -0.2) is 4.79 Å². The Hall–Kier alpha value is -2.57. The van der Waals surface area contributed by atoms with Crippen LogP contribution in [0.5, 0.6) is 0 Å². The molecule has 24 heavy (non-hydrogen) atoms. The molecule has 2 atom stereocenters. The fourth-order valence-electron chi connectivity index (χ4n) is 1.96. The van der Waals surface area contributed by atoms with Crippen LogP contribution in [0.2, 0.25) is 0 Å². The highest BCUT2D eigenvalue weighted by molar-refractivity contribution is 5.86. The van der Waals surface area contributed by atoms with Crippen LogP contribution in [0.1, 0.15) is 45.7 Å². The lowest BCUT2D eigenvalue weighted by atomic mass is 10.0. The number of carbonyl (C=O) groups excluding carboxylic acids is 2. The quantitative estimate of drug-likeness (QED) is 0.739. The van der Waals surface area contributed by atoms with Gasteiger partial charge in [-0.2, -0.15) is 0 Å². The molecule has 0 aromatic heterocycles. The van der Waals surface area contributed by atoms with E-state index in [1.54, 1.807) is 51.1 Å². The summed E-state index contributed by atoms with van der Waals surface area (Å²) in [6.07, 6.45) is -0.964. The molecule has 1 aromatic rings. The van der Waals surface area contributed by atoms with E-state index in [0.717, 1.165) is 0 Å². The fourth-order valence-corrected chi connectivity index (χ4v) is 1.96. The SMILES string of the molecule is C[C@H](NC(=O)OC(C)(C)C)C(=O)NC(CC(=O)O)c1ccccc1. The lowest BCUT2D eigenvalue weighted by molar-refractivity contribution is -0.137. The zero-order valence-corrected chi connectivity index (χ0v) is 14.3. The van der Waals surface area contributed by atoms with E-state index in [1.807, 2.05) is 0 Å². The molecule has 0 saturated carbocycles. The van der Waals surface area contributed by atoms with Crippen LogP contribution in [0.25, 0.3) is 0 Å². The van der Waals surface area contributed by atoms with Gasteiger partial charge in [0.1, 0.15) is 11.6 Å². The number of carboxylic acid groups (broad SMARTS) is 1. The number of ether oxygens (including phenoxy) is 1. The van der Waals surface area contributed by atoms with Gasteiger partial charge >= 0.3 is 12.1 Å². The molecule has 0 aliphatic heterocycles. The molecule has 0 radical (unpaired) electrons. The van der Waals surface area contributed by atoms with Crippen molar-refractivity contribution in [1.82, 2.24) is 10.6 Å². The molecule has 0 aliphatic carbocycles. The van der Waals surface area contributed by atoms with E-state index in [-0.39, 0.29) is 6.42 Å². The van der Waals surface area contributed by atoms with E-state index in [1.165, 1.54) is 6.92 Å². The number of rotatable bonds is 6. The second-order valence-corrected chi connectivity index (χ2v) is 6.44. The number of nitrogens with one attached hydrogen (secondary N) is 2. The highest BCUT2D eigenvalue weighted by Gasteiger charge is 2.24. The molecule has 1 unspecified atom stereocenters. The Bertz CT molecular complexity index is 580. The Kier molecular flexibility index (Phi) is 6.76. The van der Waals surface area contributed by atoms with Crippen molar-refractivity contribution in [2.75, 3.05) is 0 Å². The van der Waals surface area contributed by atoms with Crippen molar-refractivity contribution in [3.05, 3.63) is 35.9 Å². The standard InChI is InChI=1S/C17H24N2O5/c1-11(18-16(23)24-17(2,3)4)15(22)19-13(10-14(20)21)12-8-6-5-7-9-12/h5-9,11,13H,10H2,1-4H3,(H,18,23)(H,19,22)(H,20,21)/t11-,13?/m0/s1. The molecule has 0 spiro atoms. The zero-order chi connectivity index (χ0) is 18.3. The second kappa shape index (κ2) is 8.33. The molecule has 0 saturated heterocycles. The van der Waals surface area contributed by atoms with Crippen molar-refractivity contribution in [1.29, 1.82) is 0 Å². The minimum absolute atomic E-state index is 0.255. The maximum absolute atomic E-state index is 12.2. The molecule has 1 aromatic carbocycles. The number of alkyl carbamates (subject to hydrolysis) is 1. The predicted molar refractivity (Wildman–Crippen MR) is 88.4 cm³/mol. The van der Waals surface area contributed by atoms with Gasteiger partial charge in [-0.1, -0.05) is 30.3 Å². The van der Waals surface area contributed by atoms with Crippen molar-refractivity contribution < 1.29 is 24.2 Å². The summed E-state index contributed by atoms with van der Waals surface area (Å²) >= 11 is 0. The molecular weight excluding hydrogens is 312 g/mol. The van der Waals surface area contributed by atoms with E-state index in [0.29, 0.717) is 5.56 Å². The van der Waals surface area contributed by atoms with E-state index >= 15 is 0 Å². The lowest BCUT2D eigenvalue weighted by Crippen LogP contribution is -2.47. The molecule has 7 nitrogen and oxygen atoms in total. The van der Waals surface area contributed by atoms with E-state index in [4.69, 9.17) is 9.84 Å². The minimum Gasteiger partial charge on any atom is -0.481 e. The molecule has 2 amide bonds. The number of aliphatic carboxylic acids is 1. The molecule has 0 heterocycles. The summed E-state index contributed by atoms with van der Waals surface area (Å²) in [5, 5.41) is 14.1. The highest BCUT2D eigenvalue weighted by atomic mass is 16.6. The number of benzene rings is 1. The topological polar surface area (TPSA) is 105 Å². The summed E-state index contributed by atoms with van der Waals surface area (Å²) in [6, 6.07) is 7.26. The third kappa shape index (κ3) is 7.13. The van der Waals surface area contributed by atoms with Crippen molar-refractivity contribution in [3.63, 3.8) is 0 Å². The zero-order valence-electron chi connectivity index (χ0n) is 14.3. The van der Waals surface area contributed by atoms with Crippen LogP contribution in [0.3, 0.4) is 0 Å². The van der Waals surface area contributed by atoms with E-state index in [2.05, 4.69) is 10.6 Å². The number of carbonyl (C=O) groups is 3. The van der Waals surface area contributed by atoms with Gasteiger partial charge in [0, 0.05) is 0 Å². The molecular formula is C17H24N2O5. The first-order valence-electron chi connectivity index (χ1n) is 7.65. The van der Waals surface area contributed by atoms with Gasteiger partial charge < -0.3 is 20.5 Å². The summed E-state index contributed by atoms with van der Waals surface area (Å²) in [4.78, 5) is 35.0. The van der Waals surface area contributed by atoms with Crippen molar-refractivity contribution in [3.8, 4) is 0 Å². The van der Waals surface area contributed by atoms with Crippen LogP contribution >= 0.6 is 0 Å². The third-order valence-electron chi connectivity index (χ3n) is 3.02. The van der Waals surface area contributed by atoms with Crippen molar-refractivity contribution in [2.45, 2.75) is 51.8 Å². The Labute approximate surface area is 141 Å². The van der Waals surface area contributed by atoms with Crippen LogP contribution < -0.4 is 10.6 Å². The molecule has 132 valence electrons. The van der Waals surface area contributed by atoms with Gasteiger partial charge in [0.15, 0.2) is 0 Å². The Balaban J connectivity index is 2.70. The van der Waals surface area contributed by atoms with Gasteiger partial charge in [-0.05, 0) is 33.3 Å². The number of hydrogen-bond donors (Lipinski definition) is 3. The maximum atomic E-state index is 12.2. The van der Waals surface area contributed by atoms with Gasteiger partial charge in [0.05, 0.1) is 12.5 Å². The molecule has 0 aliphatic rings. The Morgan fingerprint density at radius 2 is 1.71 bits per heavy atom. The number of hydrogen-bond acceptors (Lipinski definition) is 4. The highest BCUT2D eigenvalue weighted by Crippen LogP contribution is 2.16. The maximum Gasteiger partial charge on any atom is 0.408 e. The lowest BCUT2D eigenvalue weighted by Gasteiger charge is -2.23. The average molecular weight is 336 g/mol. The summed E-state index contributed by atoms with van der Waals surface area (Å²) in [6.45, 7) is 6.66. The number of amides is 2. The summed E-state index contributed by atoms with van der Waals surface area (Å²) < 4.78 is 5.09. The molecule has 3 N–H and O–H groups in total. The number of carboxylic acids is 1. The van der Waals surface area contributed by atoms with Gasteiger partial charge in [-0.15, -0.1) is 0 Å². The first-order chi connectivity index (χ1) is 11.1. The van der Waals surface area contributed by atoms with Gasteiger partial charge in [-0.3, -0.25) is 9.59 Å². The Morgan fingerprint density at radius 1 is 1.12 bits per heavy atom. The largest absolute Gasteiger partial charge is 0.481 e. The first kappa shape index (κ1) is 19.5. The van der Waals surface area contributed by atoms with Crippen LogP contribution in [-0.2, 0) is 14.3 Å². The van der Waals surface area contributed by atoms with Crippen molar-refractivity contribution >= 4 is 18.0 Å². The van der Waals surface area contributed by atoms with Crippen LogP contribution in [-0.4, -0.2) is 34.7 Å². The third-order valence-corrected chi connectivity index (χ3v) is 3.02.